The molecule has 0 saturated heterocycles. The molecule has 1 aromatic rings. The van der Waals surface area contributed by atoms with E-state index in [9.17, 15) is 13.6 Å². The van der Waals surface area contributed by atoms with Crippen LogP contribution in [0.1, 0.15) is 12.0 Å². The summed E-state index contributed by atoms with van der Waals surface area (Å²) in [6.45, 7) is 0. The van der Waals surface area contributed by atoms with Crippen molar-refractivity contribution in [1.29, 1.82) is 0 Å². The molecule has 0 aliphatic heterocycles. The fraction of sp³-hybridized carbons (Fsp3) is 0.267. The summed E-state index contributed by atoms with van der Waals surface area (Å²) in [7, 11) is 0. The van der Waals surface area contributed by atoms with E-state index in [1.165, 1.54) is 12.2 Å². The van der Waals surface area contributed by atoms with Crippen LogP contribution in [0, 0.1) is 0 Å². The van der Waals surface area contributed by atoms with Gasteiger partial charge in [0.25, 0.3) is 0 Å². The molecule has 2 nitrogen and oxygen atoms in total. The SMILES string of the molecule is N[C@@H](Cc1ccccc1)C(=O)C1=C(F)CC(F)C=C1. The van der Waals surface area contributed by atoms with Gasteiger partial charge < -0.3 is 5.73 Å². The van der Waals surface area contributed by atoms with E-state index in [0.717, 1.165) is 5.56 Å². The van der Waals surface area contributed by atoms with Gasteiger partial charge in [0.05, 0.1) is 11.6 Å². The first kappa shape index (κ1) is 13.6. The molecule has 0 bridgehead atoms. The summed E-state index contributed by atoms with van der Waals surface area (Å²) in [6.07, 6.45) is 0.975. The van der Waals surface area contributed by atoms with Crippen LogP contribution in [0.25, 0.3) is 0 Å². The van der Waals surface area contributed by atoms with Crippen molar-refractivity contribution in [1.82, 2.24) is 0 Å². The van der Waals surface area contributed by atoms with E-state index in [1.54, 1.807) is 0 Å². The van der Waals surface area contributed by atoms with Gasteiger partial charge in [-0.3, -0.25) is 4.79 Å². The zero-order chi connectivity index (χ0) is 13.8. The number of allylic oxidation sites excluding steroid dienone is 3. The number of carbonyl (C=O) groups excluding carboxylic acids is 1. The average Bonchev–Trinajstić information content (AvgIpc) is 2.39. The fourth-order valence-corrected chi connectivity index (χ4v) is 2.02. The number of hydrogen-bond donors (Lipinski definition) is 1. The molecule has 0 spiro atoms. The van der Waals surface area contributed by atoms with Crippen LogP contribution >= 0.6 is 0 Å². The van der Waals surface area contributed by atoms with Crippen molar-refractivity contribution >= 4 is 5.78 Å². The fourth-order valence-electron chi connectivity index (χ4n) is 2.02. The predicted octanol–water partition coefficient (Wildman–Crippen LogP) is 2.65. The maximum atomic E-state index is 13.6. The van der Waals surface area contributed by atoms with Crippen LogP contribution in [0.15, 0.2) is 53.9 Å². The van der Waals surface area contributed by atoms with Crippen molar-refractivity contribution in [2.45, 2.75) is 25.1 Å². The van der Waals surface area contributed by atoms with Crippen LogP contribution in [0.3, 0.4) is 0 Å². The summed E-state index contributed by atoms with van der Waals surface area (Å²) in [5, 5.41) is 0. The largest absolute Gasteiger partial charge is 0.321 e. The van der Waals surface area contributed by atoms with Gasteiger partial charge in [-0.25, -0.2) is 8.78 Å². The van der Waals surface area contributed by atoms with E-state index in [-0.39, 0.29) is 12.0 Å². The van der Waals surface area contributed by atoms with Gasteiger partial charge in [-0.05, 0) is 24.1 Å². The summed E-state index contributed by atoms with van der Waals surface area (Å²) in [5.74, 6) is -1.20. The minimum Gasteiger partial charge on any atom is -0.321 e. The minimum absolute atomic E-state index is 0.0997. The Morgan fingerprint density at radius 1 is 1.37 bits per heavy atom. The topological polar surface area (TPSA) is 43.1 Å². The lowest BCUT2D eigenvalue weighted by Gasteiger charge is -2.15. The highest BCUT2D eigenvalue weighted by molar-refractivity contribution is 6.02. The molecular weight excluding hydrogens is 248 g/mol. The summed E-state index contributed by atoms with van der Waals surface area (Å²) >= 11 is 0. The number of benzene rings is 1. The Morgan fingerprint density at radius 3 is 2.68 bits per heavy atom. The maximum absolute atomic E-state index is 13.6. The number of alkyl halides is 1. The van der Waals surface area contributed by atoms with Crippen molar-refractivity contribution in [2.24, 2.45) is 5.73 Å². The Morgan fingerprint density at radius 2 is 2.05 bits per heavy atom. The first-order chi connectivity index (χ1) is 9.08. The molecule has 0 radical (unpaired) electrons. The molecule has 0 heterocycles. The summed E-state index contributed by atoms with van der Waals surface area (Å²) in [4.78, 5) is 12.0. The first-order valence-electron chi connectivity index (χ1n) is 6.12. The lowest BCUT2D eigenvalue weighted by molar-refractivity contribution is -0.116. The maximum Gasteiger partial charge on any atom is 0.182 e. The Kier molecular flexibility index (Phi) is 4.22. The summed E-state index contributed by atoms with van der Waals surface area (Å²) in [6, 6.07) is 8.45. The minimum atomic E-state index is -1.36. The highest BCUT2D eigenvalue weighted by Gasteiger charge is 2.24. The van der Waals surface area contributed by atoms with Crippen molar-refractivity contribution in [3.8, 4) is 0 Å². The van der Waals surface area contributed by atoms with Crippen molar-refractivity contribution in [2.75, 3.05) is 0 Å². The predicted molar refractivity (Wildman–Crippen MR) is 69.9 cm³/mol. The van der Waals surface area contributed by atoms with Gasteiger partial charge in [0.2, 0.25) is 0 Å². The number of ketones is 1. The number of halogens is 2. The summed E-state index contributed by atoms with van der Waals surface area (Å²) in [5.41, 5.74) is 6.61. The Labute approximate surface area is 110 Å². The Balaban J connectivity index is 2.08. The number of carbonyl (C=O) groups is 1. The molecule has 0 saturated carbocycles. The lowest BCUT2D eigenvalue weighted by atomic mass is 9.94. The van der Waals surface area contributed by atoms with Gasteiger partial charge in [0, 0.05) is 6.42 Å². The van der Waals surface area contributed by atoms with Crippen LogP contribution in [0.2, 0.25) is 0 Å². The molecule has 4 heteroatoms. The quantitative estimate of drug-likeness (QED) is 0.907. The third-order valence-corrected chi connectivity index (χ3v) is 3.04. The van der Waals surface area contributed by atoms with Crippen LogP contribution < -0.4 is 5.73 Å². The second-order valence-electron chi connectivity index (χ2n) is 4.56. The zero-order valence-corrected chi connectivity index (χ0v) is 10.4. The van der Waals surface area contributed by atoms with E-state index in [0.29, 0.717) is 6.42 Å². The number of rotatable bonds is 4. The van der Waals surface area contributed by atoms with Crippen LogP contribution in [0.5, 0.6) is 0 Å². The van der Waals surface area contributed by atoms with Crippen LogP contribution in [-0.4, -0.2) is 18.0 Å². The normalized spacial score (nSPS) is 20.5. The number of hydrogen-bond acceptors (Lipinski definition) is 2. The molecule has 0 amide bonds. The van der Waals surface area contributed by atoms with Crippen molar-refractivity contribution in [3.63, 3.8) is 0 Å². The first-order valence-corrected chi connectivity index (χ1v) is 6.12. The molecule has 2 N–H and O–H groups in total. The molecule has 2 atom stereocenters. The molecule has 19 heavy (non-hydrogen) atoms. The standard InChI is InChI=1S/C15H15F2NO/c16-11-6-7-12(13(17)9-11)15(19)14(18)8-10-4-2-1-3-5-10/h1-7,11,14H,8-9,18H2/t11?,14-/m0/s1. The monoisotopic (exact) mass is 263 g/mol. The lowest BCUT2D eigenvalue weighted by Crippen LogP contribution is -2.34. The van der Waals surface area contributed by atoms with Crippen molar-refractivity contribution in [3.05, 3.63) is 59.4 Å². The van der Waals surface area contributed by atoms with Gasteiger partial charge in [-0.15, -0.1) is 0 Å². The Hall–Kier alpha value is -1.81. The van der Waals surface area contributed by atoms with Gasteiger partial charge in [-0.1, -0.05) is 30.3 Å². The third kappa shape index (κ3) is 3.35. The van der Waals surface area contributed by atoms with E-state index < -0.39 is 23.8 Å². The molecule has 1 unspecified atom stereocenters. The number of Topliss-reactive ketones (excluding diaryl/α,β-unsaturated/α-hetero) is 1. The smallest absolute Gasteiger partial charge is 0.182 e. The molecule has 0 fully saturated rings. The van der Waals surface area contributed by atoms with Crippen molar-refractivity contribution < 1.29 is 13.6 Å². The van der Waals surface area contributed by atoms with E-state index in [2.05, 4.69) is 0 Å². The van der Waals surface area contributed by atoms with E-state index in [1.807, 2.05) is 30.3 Å². The molecule has 2 rings (SSSR count). The average molecular weight is 263 g/mol. The zero-order valence-electron chi connectivity index (χ0n) is 10.4. The van der Waals surface area contributed by atoms with Crippen LogP contribution in [-0.2, 0) is 11.2 Å². The third-order valence-electron chi connectivity index (χ3n) is 3.04. The second-order valence-corrected chi connectivity index (χ2v) is 4.56. The molecular formula is C15H15F2NO. The highest BCUT2D eigenvalue weighted by atomic mass is 19.1. The Bertz CT molecular complexity index is 522. The number of nitrogens with two attached hydrogens (primary N) is 1. The van der Waals surface area contributed by atoms with E-state index >= 15 is 0 Å². The molecule has 0 aromatic heterocycles. The summed E-state index contributed by atoms with van der Waals surface area (Å²) < 4.78 is 26.5. The molecule has 1 aliphatic carbocycles. The van der Waals surface area contributed by atoms with Gasteiger partial charge in [0.15, 0.2) is 5.78 Å². The van der Waals surface area contributed by atoms with Gasteiger partial charge in [-0.2, -0.15) is 0 Å². The molecule has 1 aliphatic rings. The second kappa shape index (κ2) is 5.89. The van der Waals surface area contributed by atoms with Crippen LogP contribution in [0.4, 0.5) is 8.78 Å². The molecule has 100 valence electrons. The highest BCUT2D eigenvalue weighted by Crippen LogP contribution is 2.24. The van der Waals surface area contributed by atoms with E-state index in [4.69, 9.17) is 5.73 Å². The van der Waals surface area contributed by atoms with Gasteiger partial charge in [0.1, 0.15) is 12.0 Å². The van der Waals surface area contributed by atoms with Gasteiger partial charge >= 0.3 is 0 Å². The molecule has 1 aromatic carbocycles.